The molecule has 2 heterocycles. The minimum absolute atomic E-state index is 0.581. The summed E-state index contributed by atoms with van der Waals surface area (Å²) in [5.41, 5.74) is 3.25. The molecule has 1 aliphatic heterocycles. The maximum atomic E-state index is 6.06. The van der Waals surface area contributed by atoms with Crippen molar-refractivity contribution in [3.05, 3.63) is 54.6 Å². The molecule has 1 fully saturated rings. The van der Waals surface area contributed by atoms with Crippen molar-refractivity contribution in [2.24, 2.45) is 4.99 Å². The van der Waals surface area contributed by atoms with Crippen molar-refractivity contribution in [2.75, 3.05) is 39.5 Å². The lowest BCUT2D eigenvalue weighted by Crippen LogP contribution is -2.37. The van der Waals surface area contributed by atoms with Gasteiger partial charge in [-0.25, -0.2) is 4.98 Å². The number of benzene rings is 2. The molecular formula is C24H27N3O3. The van der Waals surface area contributed by atoms with Crippen LogP contribution in [0.15, 0.2) is 64.0 Å². The van der Waals surface area contributed by atoms with Crippen LogP contribution in [0, 0.1) is 0 Å². The van der Waals surface area contributed by atoms with Crippen molar-refractivity contribution in [1.82, 2.24) is 9.88 Å². The molecular weight excluding hydrogens is 378 g/mol. The Morgan fingerprint density at radius 3 is 2.87 bits per heavy atom. The molecule has 2 aromatic carbocycles. The fourth-order valence-electron chi connectivity index (χ4n) is 3.37. The van der Waals surface area contributed by atoms with E-state index in [1.165, 1.54) is 0 Å². The van der Waals surface area contributed by atoms with Crippen LogP contribution >= 0.6 is 0 Å². The predicted molar refractivity (Wildman–Crippen MR) is 120 cm³/mol. The molecule has 0 bridgehead atoms. The maximum absolute atomic E-state index is 6.06. The summed E-state index contributed by atoms with van der Waals surface area (Å²) in [6.45, 7) is 7.26. The first-order chi connectivity index (χ1) is 14.8. The van der Waals surface area contributed by atoms with Gasteiger partial charge in [-0.3, -0.25) is 9.89 Å². The van der Waals surface area contributed by atoms with Gasteiger partial charge in [0.2, 0.25) is 5.89 Å². The largest absolute Gasteiger partial charge is 0.491 e. The Kier molecular flexibility index (Phi) is 6.90. The van der Waals surface area contributed by atoms with E-state index in [1.54, 1.807) is 6.21 Å². The number of aromatic nitrogens is 1. The first-order valence-corrected chi connectivity index (χ1v) is 10.4. The number of nitrogens with zero attached hydrogens (tertiary/aromatic N) is 3. The molecule has 30 heavy (non-hydrogen) atoms. The van der Waals surface area contributed by atoms with Gasteiger partial charge in [0.1, 0.15) is 17.0 Å². The van der Waals surface area contributed by atoms with E-state index in [0.29, 0.717) is 12.5 Å². The zero-order chi connectivity index (χ0) is 20.6. The number of ether oxygens (including phenoxy) is 2. The van der Waals surface area contributed by atoms with E-state index >= 15 is 0 Å². The second-order valence-corrected chi connectivity index (χ2v) is 7.13. The highest BCUT2D eigenvalue weighted by Crippen LogP contribution is 2.34. The molecule has 1 saturated heterocycles. The van der Waals surface area contributed by atoms with Crippen molar-refractivity contribution in [3.63, 3.8) is 0 Å². The smallest absolute Gasteiger partial charge is 0.227 e. The van der Waals surface area contributed by atoms with Crippen molar-refractivity contribution in [3.8, 4) is 17.2 Å². The lowest BCUT2D eigenvalue weighted by atomic mass is 10.2. The summed E-state index contributed by atoms with van der Waals surface area (Å²) in [5.74, 6) is 1.34. The first-order valence-electron chi connectivity index (χ1n) is 10.4. The molecule has 6 heteroatoms. The third-order valence-electron chi connectivity index (χ3n) is 4.97. The lowest BCUT2D eigenvalue weighted by molar-refractivity contribution is 0.0358. The Morgan fingerprint density at radius 1 is 1.17 bits per heavy atom. The van der Waals surface area contributed by atoms with E-state index in [2.05, 4.69) is 14.9 Å². The van der Waals surface area contributed by atoms with Gasteiger partial charge in [-0.15, -0.1) is 0 Å². The molecule has 156 valence electrons. The fourth-order valence-corrected chi connectivity index (χ4v) is 3.37. The zero-order valence-corrected chi connectivity index (χ0v) is 17.3. The number of fused-ring (bicyclic) bond motifs is 1. The van der Waals surface area contributed by atoms with Gasteiger partial charge < -0.3 is 13.9 Å². The van der Waals surface area contributed by atoms with Crippen LogP contribution in [-0.2, 0) is 4.74 Å². The van der Waals surface area contributed by atoms with Crippen LogP contribution in [-0.4, -0.2) is 55.6 Å². The van der Waals surface area contributed by atoms with Crippen molar-refractivity contribution in [2.45, 2.75) is 13.3 Å². The van der Waals surface area contributed by atoms with Crippen LogP contribution in [0.3, 0.4) is 0 Å². The molecule has 1 aliphatic rings. The van der Waals surface area contributed by atoms with Gasteiger partial charge in [0.05, 0.1) is 19.8 Å². The first kappa shape index (κ1) is 20.3. The predicted octanol–water partition coefficient (Wildman–Crippen LogP) is 4.87. The summed E-state index contributed by atoms with van der Waals surface area (Å²) in [5, 5.41) is 0. The van der Waals surface area contributed by atoms with E-state index < -0.39 is 0 Å². The van der Waals surface area contributed by atoms with Gasteiger partial charge in [0.15, 0.2) is 5.58 Å². The number of oxazole rings is 1. The Bertz CT molecular complexity index is 986. The second kappa shape index (κ2) is 10.2. The third kappa shape index (κ3) is 5.14. The van der Waals surface area contributed by atoms with Crippen molar-refractivity contribution in [1.29, 1.82) is 0 Å². The Morgan fingerprint density at radius 2 is 2.03 bits per heavy atom. The number of hydrogen-bond acceptors (Lipinski definition) is 6. The average molecular weight is 405 g/mol. The molecule has 6 nitrogen and oxygen atoms in total. The highest BCUT2D eigenvalue weighted by Gasteiger charge is 2.12. The second-order valence-electron chi connectivity index (χ2n) is 7.13. The van der Waals surface area contributed by atoms with E-state index in [4.69, 9.17) is 13.9 Å². The molecule has 3 aromatic rings. The summed E-state index contributed by atoms with van der Waals surface area (Å²) in [7, 11) is 0. The van der Waals surface area contributed by atoms with E-state index in [1.807, 2.05) is 61.5 Å². The zero-order valence-electron chi connectivity index (χ0n) is 17.3. The summed E-state index contributed by atoms with van der Waals surface area (Å²) in [6.07, 6.45) is 6.57. The monoisotopic (exact) mass is 405 g/mol. The van der Waals surface area contributed by atoms with E-state index in [-0.39, 0.29) is 0 Å². The topological polar surface area (TPSA) is 60.1 Å². The molecule has 0 saturated carbocycles. The number of hydrogen-bond donors (Lipinski definition) is 0. The highest BCUT2D eigenvalue weighted by molar-refractivity contribution is 5.79. The molecule has 0 atom stereocenters. The molecule has 0 amide bonds. The molecule has 1 aromatic heterocycles. The van der Waals surface area contributed by atoms with Crippen molar-refractivity contribution >= 4 is 23.0 Å². The van der Waals surface area contributed by atoms with E-state index in [0.717, 1.165) is 67.4 Å². The molecule has 0 N–H and O–H groups in total. The van der Waals surface area contributed by atoms with Crippen LogP contribution in [0.25, 0.3) is 22.6 Å². The fraction of sp³-hybridized carbons (Fsp3) is 0.333. The van der Waals surface area contributed by atoms with Crippen molar-refractivity contribution < 1.29 is 13.9 Å². The summed E-state index contributed by atoms with van der Waals surface area (Å²) < 4.78 is 17.4. The Labute approximate surface area is 176 Å². The minimum atomic E-state index is 0.581. The average Bonchev–Trinajstić information content (AvgIpc) is 3.22. The van der Waals surface area contributed by atoms with Crippen LogP contribution in [0.5, 0.6) is 5.75 Å². The molecule has 4 rings (SSSR count). The molecule has 0 spiro atoms. The number of allylic oxidation sites excluding steroid dienone is 2. The van der Waals surface area contributed by atoms with Gasteiger partial charge in [0.25, 0.3) is 0 Å². The number of morpholine rings is 1. The standard InChI is InChI=1S/C24H27N3O3/c1-2-3-11-25-21-18-19(24-26-20-7-4-5-8-23(20)30-24)9-10-22(21)29-15-6-12-27-13-16-28-17-14-27/h2-5,7-11,18H,6,12-17H2,1H3/b3-2+,25-11?. The molecule has 0 unspecified atom stereocenters. The molecule has 0 aliphatic carbocycles. The molecule has 0 radical (unpaired) electrons. The summed E-state index contributed by atoms with van der Waals surface area (Å²) >= 11 is 0. The summed E-state index contributed by atoms with van der Waals surface area (Å²) in [4.78, 5) is 11.6. The number of aliphatic imine (C=N–C) groups is 1. The van der Waals surface area contributed by atoms with Crippen LogP contribution in [0.2, 0.25) is 0 Å². The van der Waals surface area contributed by atoms with Crippen LogP contribution < -0.4 is 4.74 Å². The van der Waals surface area contributed by atoms with Gasteiger partial charge in [-0.2, -0.15) is 0 Å². The van der Waals surface area contributed by atoms with Crippen LogP contribution in [0.1, 0.15) is 13.3 Å². The van der Waals surface area contributed by atoms with Crippen LogP contribution in [0.4, 0.5) is 5.69 Å². The lowest BCUT2D eigenvalue weighted by Gasteiger charge is -2.26. The summed E-state index contributed by atoms with van der Waals surface area (Å²) in [6, 6.07) is 13.6. The Hall–Kier alpha value is -2.96. The van der Waals surface area contributed by atoms with Gasteiger partial charge >= 0.3 is 0 Å². The number of rotatable bonds is 8. The van der Waals surface area contributed by atoms with Gasteiger partial charge in [-0.05, 0) is 49.8 Å². The quantitative estimate of drug-likeness (QED) is 0.395. The third-order valence-corrected chi connectivity index (χ3v) is 4.97. The SMILES string of the molecule is C/C=C/C=Nc1cc(-c2nc3ccccc3o2)ccc1OCCCN1CCOCC1. The maximum Gasteiger partial charge on any atom is 0.227 e. The number of para-hydroxylation sites is 2. The van der Waals surface area contributed by atoms with Gasteiger partial charge in [0, 0.05) is 31.4 Å². The highest BCUT2D eigenvalue weighted by atomic mass is 16.5. The minimum Gasteiger partial charge on any atom is -0.491 e. The van der Waals surface area contributed by atoms with Gasteiger partial charge in [-0.1, -0.05) is 18.2 Å². The normalized spacial score (nSPS) is 15.5. The Balaban J connectivity index is 1.48. The van der Waals surface area contributed by atoms with E-state index in [9.17, 15) is 0 Å².